The van der Waals surface area contributed by atoms with Gasteiger partial charge in [-0.25, -0.2) is 0 Å². The van der Waals surface area contributed by atoms with Gasteiger partial charge in [0, 0.05) is 13.5 Å². The van der Waals surface area contributed by atoms with Crippen molar-refractivity contribution in [3.8, 4) is 0 Å². The first kappa shape index (κ1) is 20.1. The average Bonchev–Trinajstić information content (AvgIpc) is 2.78. The lowest BCUT2D eigenvalue weighted by atomic mass is 9.95. The van der Waals surface area contributed by atoms with Crippen LogP contribution in [0, 0.1) is 5.92 Å². The van der Waals surface area contributed by atoms with Crippen LogP contribution in [0.25, 0.3) is 0 Å². The molecule has 0 aliphatic carbocycles. The second-order valence-electron chi connectivity index (χ2n) is 7.97. The lowest BCUT2D eigenvalue weighted by Crippen LogP contribution is -2.60. The van der Waals surface area contributed by atoms with Gasteiger partial charge in [-0.05, 0) is 39.7 Å². The molecule has 1 amide bonds. The Bertz CT molecular complexity index is 668. The summed E-state index contributed by atoms with van der Waals surface area (Å²) in [4.78, 5) is 38.2. The molecule has 6 nitrogen and oxygen atoms in total. The first-order chi connectivity index (χ1) is 12.1. The van der Waals surface area contributed by atoms with E-state index in [1.807, 2.05) is 56.0 Å². The van der Waals surface area contributed by atoms with E-state index in [0.29, 0.717) is 13.0 Å². The van der Waals surface area contributed by atoms with Gasteiger partial charge in [0.1, 0.15) is 23.6 Å². The van der Waals surface area contributed by atoms with Gasteiger partial charge in [-0.15, -0.1) is 0 Å². The number of esters is 1. The molecule has 1 aliphatic heterocycles. The summed E-state index contributed by atoms with van der Waals surface area (Å²) in [6.07, 6.45) is 1.13. The van der Waals surface area contributed by atoms with Gasteiger partial charge in [-0.1, -0.05) is 30.3 Å². The standard InChI is InChI=1S/C20H28N2O4/c1-14(24)21-20(5)16(13-23)11-17(18(25)26-19(2,3)4)22(20)12-15-9-7-6-8-10-15/h6-10,13,16-17H,11-12H2,1-5H3,(H,21,24)/t16-,17+,20+/m0/s1. The van der Waals surface area contributed by atoms with Crippen molar-refractivity contribution >= 4 is 18.2 Å². The number of ether oxygens (including phenoxy) is 1. The Labute approximate surface area is 154 Å². The van der Waals surface area contributed by atoms with Crippen LogP contribution < -0.4 is 5.32 Å². The maximum atomic E-state index is 12.8. The average molecular weight is 360 g/mol. The van der Waals surface area contributed by atoms with Crippen molar-refractivity contribution in [3.63, 3.8) is 0 Å². The number of nitrogens with one attached hydrogen (secondary N) is 1. The smallest absolute Gasteiger partial charge is 0.323 e. The van der Waals surface area contributed by atoms with E-state index >= 15 is 0 Å². The van der Waals surface area contributed by atoms with E-state index in [9.17, 15) is 14.4 Å². The van der Waals surface area contributed by atoms with Crippen LogP contribution in [0.3, 0.4) is 0 Å². The zero-order valence-electron chi connectivity index (χ0n) is 16.1. The summed E-state index contributed by atoms with van der Waals surface area (Å²) in [5.74, 6) is -1.13. The molecule has 0 saturated carbocycles. The highest BCUT2D eigenvalue weighted by atomic mass is 16.6. The third kappa shape index (κ3) is 4.49. The first-order valence-electron chi connectivity index (χ1n) is 8.84. The van der Waals surface area contributed by atoms with E-state index < -0.39 is 23.2 Å². The van der Waals surface area contributed by atoms with Gasteiger partial charge in [0.25, 0.3) is 0 Å². The first-order valence-corrected chi connectivity index (χ1v) is 8.84. The zero-order chi connectivity index (χ0) is 19.5. The van der Waals surface area contributed by atoms with Crippen molar-refractivity contribution in [2.24, 2.45) is 5.92 Å². The number of nitrogens with zero attached hydrogens (tertiary/aromatic N) is 1. The summed E-state index contributed by atoms with van der Waals surface area (Å²) in [6.45, 7) is 9.06. The van der Waals surface area contributed by atoms with E-state index in [1.165, 1.54) is 6.92 Å². The van der Waals surface area contributed by atoms with Crippen LogP contribution in [0.15, 0.2) is 30.3 Å². The number of carbonyl (C=O) groups is 3. The number of carbonyl (C=O) groups excluding carboxylic acids is 3. The Morgan fingerprint density at radius 3 is 2.42 bits per heavy atom. The Hall–Kier alpha value is -2.21. The molecule has 142 valence electrons. The van der Waals surface area contributed by atoms with Gasteiger partial charge >= 0.3 is 5.97 Å². The van der Waals surface area contributed by atoms with Crippen LogP contribution in [0.4, 0.5) is 0 Å². The molecule has 0 spiro atoms. The molecule has 0 radical (unpaired) electrons. The minimum absolute atomic E-state index is 0.248. The molecular formula is C20H28N2O4. The monoisotopic (exact) mass is 360 g/mol. The molecule has 0 bridgehead atoms. The van der Waals surface area contributed by atoms with Crippen LogP contribution >= 0.6 is 0 Å². The van der Waals surface area contributed by atoms with E-state index in [-0.39, 0.29) is 11.9 Å². The lowest BCUT2D eigenvalue weighted by molar-refractivity contribution is -0.163. The molecule has 1 fully saturated rings. The molecule has 2 rings (SSSR count). The molecule has 1 aromatic carbocycles. The molecular weight excluding hydrogens is 332 g/mol. The molecule has 0 aromatic heterocycles. The lowest BCUT2D eigenvalue weighted by Gasteiger charge is -2.40. The minimum Gasteiger partial charge on any atom is -0.459 e. The van der Waals surface area contributed by atoms with Crippen LogP contribution in [-0.2, 0) is 25.7 Å². The third-order valence-electron chi connectivity index (χ3n) is 4.64. The van der Waals surface area contributed by atoms with Crippen LogP contribution in [-0.4, -0.2) is 40.4 Å². The van der Waals surface area contributed by atoms with Gasteiger partial charge in [-0.3, -0.25) is 14.5 Å². The second kappa shape index (κ2) is 7.58. The fourth-order valence-corrected chi connectivity index (χ4v) is 3.49. The predicted molar refractivity (Wildman–Crippen MR) is 98.0 cm³/mol. The molecule has 1 heterocycles. The molecule has 1 aliphatic rings. The molecule has 1 aromatic rings. The van der Waals surface area contributed by atoms with Crippen molar-refractivity contribution in [2.45, 2.75) is 64.9 Å². The van der Waals surface area contributed by atoms with E-state index in [2.05, 4.69) is 5.32 Å². The molecule has 1 saturated heterocycles. The number of hydrogen-bond donors (Lipinski definition) is 1. The van der Waals surface area contributed by atoms with Gasteiger partial charge in [-0.2, -0.15) is 0 Å². The highest BCUT2D eigenvalue weighted by molar-refractivity contribution is 5.80. The number of likely N-dealkylation sites (tertiary alicyclic amines) is 1. The maximum absolute atomic E-state index is 12.8. The predicted octanol–water partition coefficient (Wildman–Crippen LogP) is 2.27. The molecule has 3 atom stereocenters. The Kier molecular flexibility index (Phi) is 5.86. The number of benzene rings is 1. The summed E-state index contributed by atoms with van der Waals surface area (Å²) in [5, 5.41) is 2.89. The molecule has 26 heavy (non-hydrogen) atoms. The summed E-state index contributed by atoms with van der Waals surface area (Å²) in [6, 6.07) is 9.05. The van der Waals surface area contributed by atoms with Crippen LogP contribution in [0.1, 0.15) is 46.6 Å². The molecule has 0 unspecified atom stereocenters. The third-order valence-corrected chi connectivity index (χ3v) is 4.64. The number of hydrogen-bond acceptors (Lipinski definition) is 5. The minimum atomic E-state index is -0.953. The van der Waals surface area contributed by atoms with Gasteiger partial charge in [0.2, 0.25) is 5.91 Å². The van der Waals surface area contributed by atoms with Gasteiger partial charge in [0.05, 0.1) is 5.92 Å². The number of rotatable bonds is 5. The fraction of sp³-hybridized carbons (Fsp3) is 0.550. The summed E-state index contributed by atoms with van der Waals surface area (Å²) >= 11 is 0. The zero-order valence-corrected chi connectivity index (χ0v) is 16.1. The fourth-order valence-electron chi connectivity index (χ4n) is 3.49. The molecule has 6 heteroatoms. The normalized spacial score (nSPS) is 26.3. The van der Waals surface area contributed by atoms with E-state index in [4.69, 9.17) is 4.74 Å². The van der Waals surface area contributed by atoms with E-state index in [0.717, 1.165) is 11.8 Å². The van der Waals surface area contributed by atoms with Crippen molar-refractivity contribution in [1.82, 2.24) is 10.2 Å². The summed E-state index contributed by atoms with van der Waals surface area (Å²) in [5.41, 5.74) is -0.589. The Balaban J connectivity index is 2.40. The van der Waals surface area contributed by atoms with Gasteiger partial charge in [0.15, 0.2) is 0 Å². The largest absolute Gasteiger partial charge is 0.459 e. The van der Waals surface area contributed by atoms with Crippen molar-refractivity contribution in [2.75, 3.05) is 0 Å². The summed E-state index contributed by atoms with van der Waals surface area (Å²) in [7, 11) is 0. The van der Waals surface area contributed by atoms with Crippen LogP contribution in [0.5, 0.6) is 0 Å². The second-order valence-corrected chi connectivity index (χ2v) is 7.97. The van der Waals surface area contributed by atoms with Crippen LogP contribution in [0.2, 0.25) is 0 Å². The molecule has 1 N–H and O–H groups in total. The Morgan fingerprint density at radius 1 is 1.31 bits per heavy atom. The maximum Gasteiger partial charge on any atom is 0.323 e. The van der Waals surface area contributed by atoms with Crippen molar-refractivity contribution in [3.05, 3.63) is 35.9 Å². The van der Waals surface area contributed by atoms with Crippen molar-refractivity contribution < 1.29 is 19.1 Å². The quantitative estimate of drug-likeness (QED) is 0.644. The van der Waals surface area contributed by atoms with Crippen molar-refractivity contribution in [1.29, 1.82) is 0 Å². The highest BCUT2D eigenvalue weighted by Crippen LogP contribution is 2.38. The number of aldehydes is 1. The topological polar surface area (TPSA) is 75.7 Å². The highest BCUT2D eigenvalue weighted by Gasteiger charge is 2.54. The Morgan fingerprint density at radius 2 is 1.92 bits per heavy atom. The van der Waals surface area contributed by atoms with E-state index in [1.54, 1.807) is 6.92 Å². The summed E-state index contributed by atoms with van der Waals surface area (Å²) < 4.78 is 5.57. The van der Waals surface area contributed by atoms with Gasteiger partial charge < -0.3 is 14.8 Å². The number of amides is 1. The SMILES string of the molecule is CC(=O)N[C@@]1(C)[C@H](C=O)C[C@H](C(=O)OC(C)(C)C)N1Cc1ccccc1.